The SMILES string of the molecule is Cc1ccc(CC(=O)N2CCC[C@@H]2C[C@H](O)c2ccccc2)cn1. The summed E-state index contributed by atoms with van der Waals surface area (Å²) in [6.07, 6.45) is 4.20. The molecule has 0 unspecified atom stereocenters. The van der Waals surface area contributed by atoms with Crippen molar-refractivity contribution in [1.82, 2.24) is 9.88 Å². The van der Waals surface area contributed by atoms with E-state index in [2.05, 4.69) is 4.98 Å². The van der Waals surface area contributed by atoms with E-state index in [1.54, 1.807) is 6.20 Å². The van der Waals surface area contributed by atoms with Crippen LogP contribution in [0.25, 0.3) is 0 Å². The Hall–Kier alpha value is -2.20. The predicted molar refractivity (Wildman–Crippen MR) is 93.4 cm³/mol. The molecule has 1 aromatic carbocycles. The number of pyridine rings is 1. The van der Waals surface area contributed by atoms with Crippen LogP contribution in [0.4, 0.5) is 0 Å². The van der Waals surface area contributed by atoms with Crippen LogP contribution in [0.2, 0.25) is 0 Å². The molecule has 0 bridgehead atoms. The number of hydrogen-bond acceptors (Lipinski definition) is 3. The number of likely N-dealkylation sites (tertiary alicyclic amines) is 1. The Bertz CT molecular complexity index is 670. The fourth-order valence-electron chi connectivity index (χ4n) is 3.36. The summed E-state index contributed by atoms with van der Waals surface area (Å²) >= 11 is 0. The zero-order valence-electron chi connectivity index (χ0n) is 14.1. The average molecular weight is 324 g/mol. The molecule has 1 amide bonds. The minimum Gasteiger partial charge on any atom is -0.388 e. The van der Waals surface area contributed by atoms with E-state index in [0.717, 1.165) is 36.2 Å². The van der Waals surface area contributed by atoms with Gasteiger partial charge in [0.25, 0.3) is 0 Å². The third-order valence-electron chi connectivity index (χ3n) is 4.71. The second-order valence-corrected chi connectivity index (χ2v) is 6.53. The number of aliphatic hydroxyl groups excluding tert-OH is 1. The quantitative estimate of drug-likeness (QED) is 0.920. The maximum atomic E-state index is 12.6. The minimum atomic E-state index is -0.523. The first-order valence-corrected chi connectivity index (χ1v) is 8.57. The molecule has 1 aromatic heterocycles. The number of aryl methyl sites for hydroxylation is 1. The normalized spacial score (nSPS) is 18.6. The Labute approximate surface area is 143 Å². The first kappa shape index (κ1) is 16.7. The van der Waals surface area contributed by atoms with E-state index in [9.17, 15) is 9.90 Å². The molecule has 1 aliphatic heterocycles. The Morgan fingerprint density at radius 1 is 1.29 bits per heavy atom. The summed E-state index contributed by atoms with van der Waals surface area (Å²) in [7, 11) is 0. The maximum absolute atomic E-state index is 12.6. The van der Waals surface area contributed by atoms with Crippen LogP contribution in [0.1, 0.15) is 42.2 Å². The van der Waals surface area contributed by atoms with E-state index < -0.39 is 6.10 Å². The van der Waals surface area contributed by atoms with Gasteiger partial charge >= 0.3 is 0 Å². The second-order valence-electron chi connectivity index (χ2n) is 6.53. The largest absolute Gasteiger partial charge is 0.388 e. The fraction of sp³-hybridized carbons (Fsp3) is 0.400. The second kappa shape index (κ2) is 7.58. The number of hydrogen-bond donors (Lipinski definition) is 1. The molecule has 1 N–H and O–H groups in total. The number of aliphatic hydroxyl groups is 1. The molecule has 3 rings (SSSR count). The van der Waals surface area contributed by atoms with Gasteiger partial charge in [-0.2, -0.15) is 0 Å². The van der Waals surface area contributed by atoms with Crippen molar-refractivity contribution >= 4 is 5.91 Å². The predicted octanol–water partition coefficient (Wildman–Crippen LogP) is 3.05. The average Bonchev–Trinajstić information content (AvgIpc) is 3.06. The van der Waals surface area contributed by atoms with Crippen molar-refractivity contribution in [1.29, 1.82) is 0 Å². The van der Waals surface area contributed by atoms with Crippen LogP contribution in [0, 0.1) is 6.92 Å². The van der Waals surface area contributed by atoms with Gasteiger partial charge in [0.15, 0.2) is 0 Å². The van der Waals surface area contributed by atoms with E-state index >= 15 is 0 Å². The Morgan fingerprint density at radius 2 is 2.08 bits per heavy atom. The molecule has 1 aliphatic rings. The van der Waals surface area contributed by atoms with Crippen LogP contribution in [0.15, 0.2) is 48.7 Å². The minimum absolute atomic E-state index is 0.117. The zero-order valence-corrected chi connectivity index (χ0v) is 14.1. The van der Waals surface area contributed by atoms with Crippen molar-refractivity contribution in [3.63, 3.8) is 0 Å². The van der Waals surface area contributed by atoms with E-state index in [4.69, 9.17) is 0 Å². The topological polar surface area (TPSA) is 53.4 Å². The summed E-state index contributed by atoms with van der Waals surface area (Å²) in [4.78, 5) is 18.8. The summed E-state index contributed by atoms with van der Waals surface area (Å²) in [5, 5.41) is 10.5. The van der Waals surface area contributed by atoms with Gasteiger partial charge in [0.05, 0.1) is 12.5 Å². The highest BCUT2D eigenvalue weighted by molar-refractivity contribution is 5.79. The molecule has 0 saturated carbocycles. The van der Waals surface area contributed by atoms with Crippen molar-refractivity contribution in [2.75, 3.05) is 6.54 Å². The van der Waals surface area contributed by atoms with Crippen LogP contribution >= 0.6 is 0 Å². The van der Waals surface area contributed by atoms with Gasteiger partial charge in [-0.25, -0.2) is 0 Å². The number of carbonyl (C=O) groups excluding carboxylic acids is 1. The van der Waals surface area contributed by atoms with Gasteiger partial charge in [-0.3, -0.25) is 9.78 Å². The Morgan fingerprint density at radius 3 is 2.79 bits per heavy atom. The molecule has 126 valence electrons. The van der Waals surface area contributed by atoms with Crippen LogP contribution in [0.3, 0.4) is 0 Å². The van der Waals surface area contributed by atoms with Crippen LogP contribution in [0.5, 0.6) is 0 Å². The van der Waals surface area contributed by atoms with Gasteiger partial charge < -0.3 is 10.0 Å². The van der Waals surface area contributed by atoms with Crippen molar-refractivity contribution < 1.29 is 9.90 Å². The molecule has 24 heavy (non-hydrogen) atoms. The smallest absolute Gasteiger partial charge is 0.227 e. The van der Waals surface area contributed by atoms with E-state index in [1.807, 2.05) is 54.3 Å². The standard InChI is InChI=1S/C20H24N2O2/c1-15-9-10-16(14-21-15)12-20(24)22-11-5-8-18(22)13-19(23)17-6-3-2-4-7-17/h2-4,6-7,9-10,14,18-19,23H,5,8,11-13H2,1H3/t18-,19+/m1/s1. The molecule has 2 atom stereocenters. The van der Waals surface area contributed by atoms with E-state index in [1.165, 1.54) is 0 Å². The van der Waals surface area contributed by atoms with Crippen LogP contribution in [-0.2, 0) is 11.2 Å². The van der Waals surface area contributed by atoms with E-state index in [0.29, 0.717) is 12.8 Å². The number of aromatic nitrogens is 1. The number of amides is 1. The van der Waals surface area contributed by atoms with Crippen molar-refractivity contribution in [2.24, 2.45) is 0 Å². The molecule has 2 aromatic rings. The summed E-state index contributed by atoms with van der Waals surface area (Å²) < 4.78 is 0. The number of nitrogens with zero attached hydrogens (tertiary/aromatic N) is 2. The molecule has 0 radical (unpaired) electrons. The highest BCUT2D eigenvalue weighted by Gasteiger charge is 2.30. The first-order chi connectivity index (χ1) is 11.6. The van der Waals surface area contributed by atoms with Crippen molar-refractivity contribution in [3.8, 4) is 0 Å². The molecule has 0 spiro atoms. The van der Waals surface area contributed by atoms with Gasteiger partial charge in [-0.15, -0.1) is 0 Å². The van der Waals surface area contributed by atoms with Crippen LogP contribution < -0.4 is 0 Å². The Kier molecular flexibility index (Phi) is 5.26. The third-order valence-corrected chi connectivity index (χ3v) is 4.71. The zero-order chi connectivity index (χ0) is 16.9. The summed E-state index contributed by atoms with van der Waals surface area (Å²) in [6.45, 7) is 2.72. The molecule has 1 fully saturated rings. The molecule has 0 aliphatic carbocycles. The van der Waals surface area contributed by atoms with Gasteiger partial charge in [0.1, 0.15) is 0 Å². The van der Waals surface area contributed by atoms with Crippen LogP contribution in [-0.4, -0.2) is 33.5 Å². The molecule has 1 saturated heterocycles. The fourth-order valence-corrected chi connectivity index (χ4v) is 3.36. The van der Waals surface area contributed by atoms with E-state index in [-0.39, 0.29) is 11.9 Å². The number of carbonyl (C=O) groups is 1. The van der Waals surface area contributed by atoms with Gasteiger partial charge in [0.2, 0.25) is 5.91 Å². The summed E-state index contributed by atoms with van der Waals surface area (Å²) in [5.41, 5.74) is 2.82. The van der Waals surface area contributed by atoms with Crippen molar-refractivity contribution in [3.05, 3.63) is 65.5 Å². The molecular formula is C20H24N2O2. The third kappa shape index (κ3) is 4.01. The Balaban J connectivity index is 1.62. The molecule has 2 heterocycles. The molecule has 4 heteroatoms. The number of rotatable bonds is 5. The summed E-state index contributed by atoms with van der Waals surface area (Å²) in [6, 6.07) is 13.7. The highest BCUT2D eigenvalue weighted by atomic mass is 16.3. The lowest BCUT2D eigenvalue weighted by Crippen LogP contribution is -2.37. The molecular weight excluding hydrogens is 300 g/mol. The lowest BCUT2D eigenvalue weighted by molar-refractivity contribution is -0.131. The summed E-state index contributed by atoms with van der Waals surface area (Å²) in [5.74, 6) is 0.128. The first-order valence-electron chi connectivity index (χ1n) is 8.57. The van der Waals surface area contributed by atoms with Crippen molar-refractivity contribution in [2.45, 2.75) is 44.8 Å². The monoisotopic (exact) mass is 324 g/mol. The van der Waals surface area contributed by atoms with Gasteiger partial charge in [-0.1, -0.05) is 36.4 Å². The maximum Gasteiger partial charge on any atom is 0.227 e. The number of benzene rings is 1. The van der Waals surface area contributed by atoms with Gasteiger partial charge in [-0.05, 0) is 43.4 Å². The highest BCUT2D eigenvalue weighted by Crippen LogP contribution is 2.27. The lowest BCUT2D eigenvalue weighted by atomic mass is 10.0. The lowest BCUT2D eigenvalue weighted by Gasteiger charge is -2.27. The van der Waals surface area contributed by atoms with Gasteiger partial charge in [0, 0.05) is 24.5 Å². The molecule has 4 nitrogen and oxygen atoms in total.